The van der Waals surface area contributed by atoms with Crippen molar-refractivity contribution in [2.45, 2.75) is 102 Å². The highest BCUT2D eigenvalue weighted by molar-refractivity contribution is 5.81. The lowest BCUT2D eigenvalue weighted by Crippen LogP contribution is -2.70. The van der Waals surface area contributed by atoms with Crippen molar-refractivity contribution in [3.63, 3.8) is 0 Å². The first kappa shape index (κ1) is 32.2. The van der Waals surface area contributed by atoms with Crippen LogP contribution in [-0.2, 0) is 19.3 Å². The number of hydrogen-bond donors (Lipinski definition) is 3. The van der Waals surface area contributed by atoms with Crippen molar-refractivity contribution in [3.05, 3.63) is 153 Å². The molecular weight excluding hydrogens is 607 g/mol. The Morgan fingerprint density at radius 3 is 2.22 bits per heavy atom. The van der Waals surface area contributed by atoms with Crippen LogP contribution in [-0.4, -0.2) is 18.5 Å². The molecule has 9 rings (SSSR count). The normalized spacial score (nSPS) is 31.6. The third-order valence-corrected chi connectivity index (χ3v) is 12.3. The Bertz CT molecular complexity index is 1850. The summed E-state index contributed by atoms with van der Waals surface area (Å²) >= 11 is 0. The minimum atomic E-state index is 0.135. The lowest BCUT2D eigenvalue weighted by molar-refractivity contribution is 0.158. The van der Waals surface area contributed by atoms with Crippen LogP contribution in [0.5, 0.6) is 0 Å². The molecule has 3 heteroatoms. The Labute approximate surface area is 299 Å². The molecule has 256 valence electrons. The minimum absolute atomic E-state index is 0.135. The number of benzene rings is 1. The molecule has 3 N–H and O–H groups in total. The number of hydrogen-bond acceptors (Lipinski definition) is 3. The molecule has 6 unspecified atom stereocenters. The van der Waals surface area contributed by atoms with Gasteiger partial charge in [0.15, 0.2) is 0 Å². The highest BCUT2D eigenvalue weighted by atomic mass is 15.4. The Morgan fingerprint density at radius 2 is 1.40 bits per heavy atom. The molecule has 0 bridgehead atoms. The van der Waals surface area contributed by atoms with E-state index < -0.39 is 0 Å². The van der Waals surface area contributed by atoms with Gasteiger partial charge in [0.05, 0.1) is 18.5 Å². The quantitative estimate of drug-likeness (QED) is 0.285. The van der Waals surface area contributed by atoms with E-state index in [1.54, 1.807) is 16.7 Å². The topological polar surface area (TPSA) is 36.1 Å². The zero-order valence-corrected chi connectivity index (χ0v) is 29.5. The summed E-state index contributed by atoms with van der Waals surface area (Å²) in [6, 6.07) is 2.54. The van der Waals surface area contributed by atoms with Gasteiger partial charge in [0.1, 0.15) is 0 Å². The summed E-state index contributed by atoms with van der Waals surface area (Å²) in [6.07, 6.45) is 56.7. The van der Waals surface area contributed by atoms with E-state index in [1.165, 1.54) is 77.5 Å². The fraction of sp³-hybridized carbons (Fsp3) is 0.404. The zero-order chi connectivity index (χ0) is 33.3. The lowest BCUT2D eigenvalue weighted by Gasteiger charge is -2.45. The number of rotatable bonds is 6. The summed E-state index contributed by atoms with van der Waals surface area (Å²) in [5.74, 6) is 1.14. The highest BCUT2D eigenvalue weighted by Gasteiger charge is 2.37. The summed E-state index contributed by atoms with van der Waals surface area (Å²) in [7, 11) is 0. The molecule has 0 saturated carbocycles. The SMILES string of the molecule is C1=CCC(C2NC(C3=CCCC=C3)NC(C3C=C(C4C=C(c5cc6c(c7c5CCCC7)CCC=C6)C=CC4)C=C(C4=CCCC=C4)C3)N2)C=C1. The lowest BCUT2D eigenvalue weighted by atomic mass is 9.75. The Kier molecular flexibility index (Phi) is 9.31. The van der Waals surface area contributed by atoms with Crippen molar-refractivity contribution >= 4 is 11.6 Å². The van der Waals surface area contributed by atoms with Gasteiger partial charge in [0.25, 0.3) is 0 Å². The zero-order valence-electron chi connectivity index (χ0n) is 29.5. The Morgan fingerprint density at radius 1 is 0.580 bits per heavy atom. The van der Waals surface area contributed by atoms with E-state index in [2.05, 4.69) is 125 Å². The first-order chi connectivity index (χ1) is 24.8. The van der Waals surface area contributed by atoms with Gasteiger partial charge in [-0.25, -0.2) is 0 Å². The molecule has 7 aliphatic carbocycles. The van der Waals surface area contributed by atoms with Crippen LogP contribution in [0.1, 0.15) is 92.0 Å². The van der Waals surface area contributed by atoms with Crippen molar-refractivity contribution < 1.29 is 0 Å². The van der Waals surface area contributed by atoms with E-state index in [9.17, 15) is 0 Å². The molecule has 50 heavy (non-hydrogen) atoms. The third kappa shape index (κ3) is 6.57. The molecule has 1 aromatic carbocycles. The second-order valence-electron chi connectivity index (χ2n) is 15.6. The van der Waals surface area contributed by atoms with Crippen molar-refractivity contribution in [2.24, 2.45) is 17.8 Å². The standard InChI is InChI=1S/C47H53N3/c1-4-15-32(16-5-1)38-28-39(35-22-14-23-36(27-35)44-31-37-21-10-11-24-41(37)42-25-12-13-26-43(42)44)30-40(29-38)47-49-45(33-17-6-2-7-18-33)48-46(50-47)34-19-8-3-9-20-34/h2,4,6-8,10,14-17,19-21,23,27-28,30-31,33,35,40,45-50H,1,3,5,9,11-13,18,22,24-26,29H2. The van der Waals surface area contributed by atoms with E-state index in [0.717, 1.165) is 44.9 Å². The predicted octanol–water partition coefficient (Wildman–Crippen LogP) is 9.80. The molecule has 1 aromatic rings. The van der Waals surface area contributed by atoms with Gasteiger partial charge in [-0.15, -0.1) is 0 Å². The molecular formula is C47H53N3. The van der Waals surface area contributed by atoms with Gasteiger partial charge in [0, 0.05) is 17.8 Å². The van der Waals surface area contributed by atoms with Gasteiger partial charge in [-0.3, -0.25) is 16.0 Å². The second-order valence-corrected chi connectivity index (χ2v) is 15.6. The van der Waals surface area contributed by atoms with Crippen LogP contribution < -0.4 is 16.0 Å². The van der Waals surface area contributed by atoms with Crippen molar-refractivity contribution in [1.82, 2.24) is 16.0 Å². The molecule has 1 aliphatic heterocycles. The molecule has 6 atom stereocenters. The maximum atomic E-state index is 4.10. The maximum absolute atomic E-state index is 4.10. The average Bonchev–Trinajstić information content (AvgIpc) is 3.21. The van der Waals surface area contributed by atoms with Crippen LogP contribution in [0, 0.1) is 17.8 Å². The van der Waals surface area contributed by atoms with Crippen LogP contribution in [0.15, 0.2) is 126 Å². The molecule has 1 fully saturated rings. The van der Waals surface area contributed by atoms with Crippen LogP contribution >= 0.6 is 0 Å². The highest BCUT2D eigenvalue weighted by Crippen LogP contribution is 2.41. The van der Waals surface area contributed by atoms with Crippen LogP contribution in [0.25, 0.3) is 11.6 Å². The number of allylic oxidation sites excluding steroid dienone is 17. The minimum Gasteiger partial charge on any atom is -0.285 e. The monoisotopic (exact) mass is 659 g/mol. The largest absolute Gasteiger partial charge is 0.285 e. The van der Waals surface area contributed by atoms with Crippen molar-refractivity contribution in [1.29, 1.82) is 0 Å². The molecule has 1 heterocycles. The average molecular weight is 660 g/mol. The van der Waals surface area contributed by atoms with Crippen LogP contribution in [0.3, 0.4) is 0 Å². The smallest absolute Gasteiger partial charge is 0.0856 e. The fourth-order valence-corrected chi connectivity index (χ4v) is 9.72. The van der Waals surface area contributed by atoms with Gasteiger partial charge in [-0.1, -0.05) is 103 Å². The van der Waals surface area contributed by atoms with Gasteiger partial charge in [-0.05, 0) is 145 Å². The van der Waals surface area contributed by atoms with E-state index in [4.69, 9.17) is 0 Å². The number of nitrogens with one attached hydrogen (secondary N) is 3. The van der Waals surface area contributed by atoms with Crippen LogP contribution in [0.2, 0.25) is 0 Å². The van der Waals surface area contributed by atoms with Gasteiger partial charge in [-0.2, -0.15) is 0 Å². The van der Waals surface area contributed by atoms with E-state index in [1.807, 2.05) is 0 Å². The summed E-state index contributed by atoms with van der Waals surface area (Å²) in [4.78, 5) is 0. The molecule has 3 nitrogen and oxygen atoms in total. The molecule has 0 amide bonds. The molecule has 1 saturated heterocycles. The molecule has 8 aliphatic rings. The maximum Gasteiger partial charge on any atom is 0.0856 e. The number of fused-ring (bicyclic) bond motifs is 3. The fourth-order valence-electron chi connectivity index (χ4n) is 9.72. The molecule has 0 radical (unpaired) electrons. The van der Waals surface area contributed by atoms with E-state index >= 15 is 0 Å². The summed E-state index contributed by atoms with van der Waals surface area (Å²) in [5.41, 5.74) is 15.1. The van der Waals surface area contributed by atoms with Crippen LogP contribution in [0.4, 0.5) is 0 Å². The van der Waals surface area contributed by atoms with E-state index in [-0.39, 0.29) is 18.5 Å². The molecule has 0 spiro atoms. The summed E-state index contributed by atoms with van der Waals surface area (Å²) in [5, 5.41) is 12.2. The third-order valence-electron chi connectivity index (χ3n) is 12.3. The molecule has 0 aromatic heterocycles. The van der Waals surface area contributed by atoms with Gasteiger partial charge in [0.2, 0.25) is 0 Å². The van der Waals surface area contributed by atoms with Gasteiger partial charge >= 0.3 is 0 Å². The van der Waals surface area contributed by atoms with E-state index in [0.29, 0.717) is 17.8 Å². The van der Waals surface area contributed by atoms with Crippen molar-refractivity contribution in [2.75, 3.05) is 0 Å². The first-order valence-electron chi connectivity index (χ1n) is 19.8. The second kappa shape index (κ2) is 14.5. The Hall–Kier alpha value is -3.76. The first-order valence-corrected chi connectivity index (χ1v) is 19.8. The van der Waals surface area contributed by atoms with Gasteiger partial charge < -0.3 is 0 Å². The summed E-state index contributed by atoms with van der Waals surface area (Å²) in [6.45, 7) is 0. The van der Waals surface area contributed by atoms with Crippen molar-refractivity contribution in [3.8, 4) is 0 Å². The predicted molar refractivity (Wildman–Crippen MR) is 210 cm³/mol. The summed E-state index contributed by atoms with van der Waals surface area (Å²) < 4.78 is 0. The Balaban J connectivity index is 1.07.